The SMILES string of the molecule is Cc1ccc(/C=C/C(/C=C/c2ccc(C)s2)=NNC2=NCCCN2)s1. The van der Waals surface area contributed by atoms with Crippen LogP contribution in [-0.4, -0.2) is 24.8 Å². The second-order valence-corrected chi connectivity index (χ2v) is 8.36. The second kappa shape index (κ2) is 8.78. The number of hydrazone groups is 1. The number of aliphatic imine (C=N–C) groups is 1. The number of aryl methyl sites for hydroxylation is 2. The maximum Gasteiger partial charge on any atom is 0.212 e. The van der Waals surface area contributed by atoms with Crippen molar-refractivity contribution < 1.29 is 0 Å². The van der Waals surface area contributed by atoms with Crippen LogP contribution in [0.15, 0.2) is 46.5 Å². The molecule has 1 aliphatic rings. The highest BCUT2D eigenvalue weighted by Crippen LogP contribution is 2.18. The Labute approximate surface area is 156 Å². The standard InChI is InChI=1S/C19H22N4S2/c1-14-4-8-17(24-14)10-6-16(7-11-18-9-5-15(2)25-18)22-23-19-20-12-3-13-21-19/h4-11H,3,12-13H2,1-2H3,(H2,20,21,23)/b10-6+,11-7+. The second-order valence-electron chi connectivity index (χ2n) is 5.72. The summed E-state index contributed by atoms with van der Waals surface area (Å²) in [6, 6.07) is 8.51. The summed E-state index contributed by atoms with van der Waals surface area (Å²) in [6.45, 7) is 6.01. The van der Waals surface area contributed by atoms with Crippen LogP contribution in [-0.2, 0) is 0 Å². The number of nitrogens with zero attached hydrogens (tertiary/aromatic N) is 2. The van der Waals surface area contributed by atoms with Crippen LogP contribution in [0.25, 0.3) is 12.2 Å². The van der Waals surface area contributed by atoms with E-state index in [9.17, 15) is 0 Å². The van der Waals surface area contributed by atoms with Gasteiger partial charge in [-0.15, -0.1) is 22.7 Å². The average molecular weight is 371 g/mol. The highest BCUT2D eigenvalue weighted by atomic mass is 32.1. The van der Waals surface area contributed by atoms with Crippen LogP contribution in [0.1, 0.15) is 25.9 Å². The molecule has 2 N–H and O–H groups in total. The fourth-order valence-corrected chi connectivity index (χ4v) is 3.84. The molecule has 25 heavy (non-hydrogen) atoms. The summed E-state index contributed by atoms with van der Waals surface area (Å²) >= 11 is 3.55. The Hall–Kier alpha value is -2.18. The molecule has 0 fully saturated rings. The smallest absolute Gasteiger partial charge is 0.212 e. The first-order valence-corrected chi connectivity index (χ1v) is 9.93. The van der Waals surface area contributed by atoms with Crippen LogP contribution in [0.4, 0.5) is 0 Å². The van der Waals surface area contributed by atoms with Gasteiger partial charge in [-0.1, -0.05) is 0 Å². The van der Waals surface area contributed by atoms with Crippen molar-refractivity contribution in [3.8, 4) is 0 Å². The molecule has 2 aromatic rings. The molecule has 0 aliphatic carbocycles. The van der Waals surface area contributed by atoms with Gasteiger partial charge in [-0.25, -0.2) is 5.43 Å². The summed E-state index contributed by atoms with van der Waals surface area (Å²) in [5, 5.41) is 7.72. The molecule has 130 valence electrons. The molecule has 0 unspecified atom stereocenters. The Bertz CT molecular complexity index is 772. The van der Waals surface area contributed by atoms with Crippen molar-refractivity contribution in [2.45, 2.75) is 20.3 Å². The first-order chi connectivity index (χ1) is 12.2. The van der Waals surface area contributed by atoms with Crippen LogP contribution >= 0.6 is 22.7 Å². The van der Waals surface area contributed by atoms with Gasteiger partial charge in [0, 0.05) is 32.6 Å². The van der Waals surface area contributed by atoms with E-state index in [2.05, 4.69) is 71.1 Å². The molecule has 1 aliphatic heterocycles. The van der Waals surface area contributed by atoms with Crippen molar-refractivity contribution in [3.63, 3.8) is 0 Å². The third kappa shape index (κ3) is 5.69. The van der Waals surface area contributed by atoms with Gasteiger partial charge in [-0.3, -0.25) is 4.99 Å². The molecule has 0 aromatic carbocycles. The van der Waals surface area contributed by atoms with E-state index in [1.807, 2.05) is 12.2 Å². The predicted octanol–water partition coefficient (Wildman–Crippen LogP) is 4.45. The largest absolute Gasteiger partial charge is 0.355 e. The molecule has 4 nitrogen and oxygen atoms in total. The van der Waals surface area contributed by atoms with Crippen LogP contribution in [0.3, 0.4) is 0 Å². The van der Waals surface area contributed by atoms with Gasteiger partial charge in [-0.05, 0) is 68.8 Å². The van der Waals surface area contributed by atoms with E-state index < -0.39 is 0 Å². The topological polar surface area (TPSA) is 48.8 Å². The highest BCUT2D eigenvalue weighted by Gasteiger charge is 2.02. The number of nitrogens with one attached hydrogen (secondary N) is 2. The van der Waals surface area contributed by atoms with Crippen molar-refractivity contribution in [2.24, 2.45) is 10.1 Å². The summed E-state index contributed by atoms with van der Waals surface area (Å²) in [6.07, 6.45) is 9.31. The molecule has 0 saturated carbocycles. The third-order valence-electron chi connectivity index (χ3n) is 3.55. The van der Waals surface area contributed by atoms with Gasteiger partial charge in [-0.2, -0.15) is 5.10 Å². The van der Waals surface area contributed by atoms with Crippen molar-refractivity contribution in [2.75, 3.05) is 13.1 Å². The number of hydrogen-bond donors (Lipinski definition) is 2. The Kier molecular flexibility index (Phi) is 6.19. The molecular formula is C19H22N4S2. The number of guanidine groups is 1. The summed E-state index contributed by atoms with van der Waals surface area (Å²) < 4.78 is 0. The fourth-order valence-electron chi connectivity index (χ4n) is 2.28. The van der Waals surface area contributed by atoms with Gasteiger partial charge in [0.15, 0.2) is 0 Å². The molecule has 0 spiro atoms. The van der Waals surface area contributed by atoms with Crippen LogP contribution < -0.4 is 10.7 Å². The Morgan fingerprint density at radius 2 is 1.72 bits per heavy atom. The average Bonchev–Trinajstić information content (AvgIpc) is 3.23. The lowest BCUT2D eigenvalue weighted by Gasteiger charge is -2.13. The number of hydrogen-bond acceptors (Lipinski definition) is 6. The molecule has 0 atom stereocenters. The summed E-state index contributed by atoms with van der Waals surface area (Å²) in [4.78, 5) is 9.44. The molecule has 0 amide bonds. The van der Waals surface area contributed by atoms with Crippen molar-refractivity contribution in [3.05, 3.63) is 55.9 Å². The van der Waals surface area contributed by atoms with Gasteiger partial charge in [0.2, 0.25) is 5.96 Å². The Balaban J connectivity index is 1.75. The monoisotopic (exact) mass is 370 g/mol. The number of allylic oxidation sites excluding steroid dienone is 2. The zero-order valence-electron chi connectivity index (χ0n) is 14.5. The van der Waals surface area contributed by atoms with E-state index in [1.54, 1.807) is 22.7 Å². The first-order valence-electron chi connectivity index (χ1n) is 8.30. The van der Waals surface area contributed by atoms with E-state index in [1.165, 1.54) is 19.5 Å². The van der Waals surface area contributed by atoms with Crippen molar-refractivity contribution >= 4 is 46.5 Å². The van der Waals surface area contributed by atoms with E-state index in [4.69, 9.17) is 0 Å². The summed E-state index contributed by atoms with van der Waals surface area (Å²) in [5.41, 5.74) is 3.89. The van der Waals surface area contributed by atoms with Crippen LogP contribution in [0.5, 0.6) is 0 Å². The van der Waals surface area contributed by atoms with E-state index >= 15 is 0 Å². The first kappa shape index (κ1) is 17.6. The molecule has 0 bridgehead atoms. The summed E-state index contributed by atoms with van der Waals surface area (Å²) in [7, 11) is 0. The lowest BCUT2D eigenvalue weighted by molar-refractivity contribution is 0.711. The van der Waals surface area contributed by atoms with E-state index in [-0.39, 0.29) is 0 Å². The van der Waals surface area contributed by atoms with E-state index in [0.29, 0.717) is 0 Å². The maximum absolute atomic E-state index is 4.50. The molecule has 0 saturated heterocycles. The van der Waals surface area contributed by atoms with Gasteiger partial charge in [0.05, 0.1) is 5.71 Å². The van der Waals surface area contributed by atoms with Gasteiger partial charge in [0.1, 0.15) is 0 Å². The third-order valence-corrected chi connectivity index (χ3v) is 5.48. The molecular weight excluding hydrogens is 348 g/mol. The summed E-state index contributed by atoms with van der Waals surface area (Å²) in [5.74, 6) is 0.740. The minimum Gasteiger partial charge on any atom is -0.355 e. The van der Waals surface area contributed by atoms with Crippen molar-refractivity contribution in [1.29, 1.82) is 0 Å². The zero-order chi connectivity index (χ0) is 17.5. The van der Waals surface area contributed by atoms with Crippen LogP contribution in [0, 0.1) is 13.8 Å². The molecule has 2 aromatic heterocycles. The quantitative estimate of drug-likeness (QED) is 0.603. The van der Waals surface area contributed by atoms with Crippen LogP contribution in [0.2, 0.25) is 0 Å². The van der Waals surface area contributed by atoms with E-state index in [0.717, 1.165) is 31.2 Å². The molecule has 3 rings (SSSR count). The lowest BCUT2D eigenvalue weighted by Crippen LogP contribution is -2.38. The molecule has 3 heterocycles. The lowest BCUT2D eigenvalue weighted by atomic mass is 10.2. The number of thiophene rings is 2. The van der Waals surface area contributed by atoms with Gasteiger partial charge >= 0.3 is 0 Å². The minimum atomic E-state index is 0.740. The normalized spacial score (nSPS) is 14.6. The Morgan fingerprint density at radius 3 is 2.20 bits per heavy atom. The van der Waals surface area contributed by atoms with Gasteiger partial charge < -0.3 is 5.32 Å². The fraction of sp³-hybridized carbons (Fsp3) is 0.263. The Morgan fingerprint density at radius 1 is 1.08 bits per heavy atom. The highest BCUT2D eigenvalue weighted by molar-refractivity contribution is 7.13. The minimum absolute atomic E-state index is 0.740. The molecule has 0 radical (unpaired) electrons. The zero-order valence-corrected chi connectivity index (χ0v) is 16.1. The maximum atomic E-state index is 4.50. The van der Waals surface area contributed by atoms with Gasteiger partial charge in [0.25, 0.3) is 0 Å². The number of rotatable bonds is 5. The predicted molar refractivity (Wildman–Crippen MR) is 112 cm³/mol. The molecule has 6 heteroatoms. The van der Waals surface area contributed by atoms with Crippen molar-refractivity contribution in [1.82, 2.24) is 10.7 Å².